The van der Waals surface area contributed by atoms with Gasteiger partial charge in [0.25, 0.3) is 0 Å². The number of amides is 2. The second-order valence-corrected chi connectivity index (χ2v) is 5.10. The second-order valence-electron chi connectivity index (χ2n) is 5.10. The Morgan fingerprint density at radius 2 is 1.95 bits per heavy atom. The molecular formula is C13H25N3O4. The highest BCUT2D eigenvalue weighted by Crippen LogP contribution is 2.03. The van der Waals surface area contributed by atoms with Gasteiger partial charge in [-0.2, -0.15) is 0 Å². The minimum absolute atomic E-state index is 0.0209. The summed E-state index contributed by atoms with van der Waals surface area (Å²) >= 11 is 0. The molecule has 0 spiro atoms. The van der Waals surface area contributed by atoms with Crippen LogP contribution >= 0.6 is 0 Å². The predicted octanol–water partition coefficient (Wildman–Crippen LogP) is -0.185. The average Bonchev–Trinajstić information content (AvgIpc) is 2.45. The topological polar surface area (TPSA) is 79.9 Å². The molecule has 1 saturated heterocycles. The Morgan fingerprint density at radius 1 is 1.30 bits per heavy atom. The number of nitrogens with zero attached hydrogens (tertiary/aromatic N) is 1. The van der Waals surface area contributed by atoms with Gasteiger partial charge in [0.15, 0.2) is 0 Å². The van der Waals surface area contributed by atoms with Crippen molar-refractivity contribution in [3.05, 3.63) is 0 Å². The van der Waals surface area contributed by atoms with Gasteiger partial charge < -0.3 is 20.1 Å². The SMILES string of the molecule is COC(=O)[C@@H](NC(=O)NCCN1CCOCC1)C(C)C. The number of carbonyl (C=O) groups is 2. The number of hydrogen-bond acceptors (Lipinski definition) is 5. The molecule has 1 fully saturated rings. The minimum atomic E-state index is -0.622. The van der Waals surface area contributed by atoms with Gasteiger partial charge in [0.05, 0.1) is 20.3 Å². The minimum Gasteiger partial charge on any atom is -0.467 e. The lowest BCUT2D eigenvalue weighted by molar-refractivity contribution is -0.143. The van der Waals surface area contributed by atoms with Crippen molar-refractivity contribution in [2.24, 2.45) is 5.92 Å². The maximum atomic E-state index is 11.7. The van der Waals surface area contributed by atoms with Crippen LogP contribution in [0.25, 0.3) is 0 Å². The third-order valence-corrected chi connectivity index (χ3v) is 3.23. The first kappa shape index (κ1) is 16.7. The van der Waals surface area contributed by atoms with Gasteiger partial charge in [-0.3, -0.25) is 4.90 Å². The van der Waals surface area contributed by atoms with E-state index in [-0.39, 0.29) is 11.9 Å². The third-order valence-electron chi connectivity index (χ3n) is 3.23. The molecule has 1 aliphatic rings. The lowest BCUT2D eigenvalue weighted by Crippen LogP contribution is -2.50. The highest BCUT2D eigenvalue weighted by molar-refractivity contribution is 5.83. The molecule has 0 aromatic heterocycles. The zero-order valence-electron chi connectivity index (χ0n) is 12.5. The van der Waals surface area contributed by atoms with E-state index in [0.29, 0.717) is 6.54 Å². The maximum absolute atomic E-state index is 11.7. The van der Waals surface area contributed by atoms with Gasteiger partial charge in [0.1, 0.15) is 6.04 Å². The first-order valence-corrected chi connectivity index (χ1v) is 6.97. The van der Waals surface area contributed by atoms with Crippen LogP contribution < -0.4 is 10.6 Å². The van der Waals surface area contributed by atoms with Gasteiger partial charge in [-0.15, -0.1) is 0 Å². The van der Waals surface area contributed by atoms with E-state index < -0.39 is 12.0 Å². The molecular weight excluding hydrogens is 262 g/mol. The molecule has 1 atom stereocenters. The molecule has 0 aliphatic carbocycles. The molecule has 0 saturated carbocycles. The third kappa shape index (κ3) is 5.75. The Balaban J connectivity index is 2.25. The number of esters is 1. The van der Waals surface area contributed by atoms with Crippen molar-refractivity contribution >= 4 is 12.0 Å². The molecule has 1 aliphatic heterocycles. The fourth-order valence-electron chi connectivity index (χ4n) is 1.97. The van der Waals surface area contributed by atoms with Crippen LogP contribution in [0.5, 0.6) is 0 Å². The molecule has 7 heteroatoms. The number of methoxy groups -OCH3 is 1. The molecule has 7 nitrogen and oxygen atoms in total. The summed E-state index contributed by atoms with van der Waals surface area (Å²) in [5, 5.41) is 5.39. The van der Waals surface area contributed by atoms with Crippen molar-refractivity contribution < 1.29 is 19.1 Å². The van der Waals surface area contributed by atoms with Gasteiger partial charge in [-0.1, -0.05) is 13.8 Å². The number of hydrogen-bond donors (Lipinski definition) is 2. The van der Waals surface area contributed by atoms with Crippen molar-refractivity contribution in [3.63, 3.8) is 0 Å². The Bertz CT molecular complexity index is 317. The van der Waals surface area contributed by atoms with E-state index in [0.717, 1.165) is 32.8 Å². The lowest BCUT2D eigenvalue weighted by Gasteiger charge is -2.26. The standard InChI is InChI=1S/C13H25N3O4/c1-10(2)11(12(17)19-3)15-13(18)14-4-5-16-6-8-20-9-7-16/h10-11H,4-9H2,1-3H3,(H2,14,15,18)/t11-/m0/s1. The summed E-state index contributed by atoms with van der Waals surface area (Å²) in [5.74, 6) is -0.448. The maximum Gasteiger partial charge on any atom is 0.328 e. The molecule has 2 N–H and O–H groups in total. The van der Waals surface area contributed by atoms with Crippen LogP contribution in [0.1, 0.15) is 13.8 Å². The molecule has 0 bridgehead atoms. The Labute approximate surface area is 120 Å². The largest absolute Gasteiger partial charge is 0.467 e. The van der Waals surface area contributed by atoms with Crippen molar-refractivity contribution in [2.45, 2.75) is 19.9 Å². The number of morpholine rings is 1. The monoisotopic (exact) mass is 287 g/mol. The van der Waals surface area contributed by atoms with Crippen LogP contribution in [0.2, 0.25) is 0 Å². The van der Waals surface area contributed by atoms with E-state index in [9.17, 15) is 9.59 Å². The number of ether oxygens (including phenoxy) is 2. The molecule has 1 heterocycles. The summed E-state index contributed by atoms with van der Waals surface area (Å²) in [6.07, 6.45) is 0. The molecule has 20 heavy (non-hydrogen) atoms. The van der Waals surface area contributed by atoms with E-state index in [1.807, 2.05) is 13.8 Å². The molecule has 0 radical (unpaired) electrons. The van der Waals surface area contributed by atoms with Gasteiger partial charge in [-0.25, -0.2) is 9.59 Å². The van der Waals surface area contributed by atoms with Crippen LogP contribution in [-0.4, -0.2) is 69.4 Å². The Kier molecular flexibility index (Phi) is 7.32. The van der Waals surface area contributed by atoms with Gasteiger partial charge in [0, 0.05) is 26.2 Å². The predicted molar refractivity (Wildman–Crippen MR) is 74.4 cm³/mol. The van der Waals surface area contributed by atoms with Crippen LogP contribution in [0.15, 0.2) is 0 Å². The average molecular weight is 287 g/mol. The van der Waals surface area contributed by atoms with Crippen LogP contribution in [0.3, 0.4) is 0 Å². The van der Waals surface area contributed by atoms with Crippen molar-refractivity contribution in [1.29, 1.82) is 0 Å². The first-order valence-electron chi connectivity index (χ1n) is 6.97. The van der Waals surface area contributed by atoms with E-state index in [2.05, 4.69) is 20.3 Å². The number of nitrogens with one attached hydrogen (secondary N) is 2. The van der Waals surface area contributed by atoms with E-state index in [1.54, 1.807) is 0 Å². The molecule has 0 aromatic carbocycles. The summed E-state index contributed by atoms with van der Waals surface area (Å²) < 4.78 is 9.92. The Hall–Kier alpha value is -1.34. The normalized spacial score (nSPS) is 17.6. The highest BCUT2D eigenvalue weighted by atomic mass is 16.5. The van der Waals surface area contributed by atoms with Crippen molar-refractivity contribution in [1.82, 2.24) is 15.5 Å². The van der Waals surface area contributed by atoms with Gasteiger partial charge in [-0.05, 0) is 5.92 Å². The smallest absolute Gasteiger partial charge is 0.328 e. The first-order chi connectivity index (χ1) is 9.54. The summed E-state index contributed by atoms with van der Waals surface area (Å²) in [4.78, 5) is 25.5. The van der Waals surface area contributed by atoms with Crippen molar-refractivity contribution in [3.8, 4) is 0 Å². The summed E-state index contributed by atoms with van der Waals surface area (Å²) in [6, 6.07) is -0.967. The molecule has 0 unspecified atom stereocenters. The zero-order valence-corrected chi connectivity index (χ0v) is 12.5. The second kappa shape index (κ2) is 8.76. The number of carbonyl (C=O) groups excluding carboxylic acids is 2. The molecule has 116 valence electrons. The summed E-state index contributed by atoms with van der Waals surface area (Å²) in [7, 11) is 1.32. The van der Waals surface area contributed by atoms with Crippen molar-refractivity contribution in [2.75, 3.05) is 46.5 Å². The van der Waals surface area contributed by atoms with Crippen LogP contribution in [-0.2, 0) is 14.3 Å². The van der Waals surface area contributed by atoms with Crippen LogP contribution in [0.4, 0.5) is 4.79 Å². The molecule has 1 rings (SSSR count). The zero-order chi connectivity index (χ0) is 15.0. The fraction of sp³-hybridized carbons (Fsp3) is 0.846. The molecule has 0 aromatic rings. The quantitative estimate of drug-likeness (QED) is 0.662. The van der Waals surface area contributed by atoms with Crippen LogP contribution in [0, 0.1) is 5.92 Å². The van der Waals surface area contributed by atoms with Gasteiger partial charge >= 0.3 is 12.0 Å². The fourth-order valence-corrected chi connectivity index (χ4v) is 1.97. The summed E-state index contributed by atoms with van der Waals surface area (Å²) in [6.45, 7) is 8.29. The van der Waals surface area contributed by atoms with Gasteiger partial charge in [0.2, 0.25) is 0 Å². The Morgan fingerprint density at radius 3 is 2.50 bits per heavy atom. The highest BCUT2D eigenvalue weighted by Gasteiger charge is 2.24. The van der Waals surface area contributed by atoms with E-state index >= 15 is 0 Å². The van der Waals surface area contributed by atoms with E-state index in [4.69, 9.17) is 4.74 Å². The summed E-state index contributed by atoms with van der Waals surface area (Å²) in [5.41, 5.74) is 0. The van der Waals surface area contributed by atoms with E-state index in [1.165, 1.54) is 7.11 Å². The number of urea groups is 1. The number of rotatable bonds is 6. The lowest BCUT2D eigenvalue weighted by atomic mass is 10.1. The molecule has 2 amide bonds.